The monoisotopic (exact) mass is 218 g/mol. The second-order valence-electron chi connectivity index (χ2n) is 3.99. The molecule has 2 rings (SSSR count). The van der Waals surface area contributed by atoms with Gasteiger partial charge in [-0.15, -0.1) is 0 Å². The minimum atomic E-state index is 0.338. The van der Waals surface area contributed by atoms with E-state index in [1.807, 2.05) is 6.21 Å². The van der Waals surface area contributed by atoms with E-state index < -0.39 is 0 Å². The van der Waals surface area contributed by atoms with E-state index in [9.17, 15) is 0 Å². The first-order valence-electron chi connectivity index (χ1n) is 5.75. The summed E-state index contributed by atoms with van der Waals surface area (Å²) in [6.07, 6.45) is 3.92. The fourth-order valence-corrected chi connectivity index (χ4v) is 2.09. The molecule has 16 heavy (non-hydrogen) atoms. The van der Waals surface area contributed by atoms with Crippen LogP contribution in [0.1, 0.15) is 18.9 Å². The van der Waals surface area contributed by atoms with Crippen molar-refractivity contribution in [3.63, 3.8) is 0 Å². The zero-order valence-electron chi connectivity index (χ0n) is 9.89. The zero-order chi connectivity index (χ0) is 11.4. The van der Waals surface area contributed by atoms with Gasteiger partial charge in [-0.05, 0) is 24.5 Å². The Bertz CT molecular complexity index is 376. The van der Waals surface area contributed by atoms with E-state index in [4.69, 9.17) is 4.74 Å². The fraction of sp³-hybridized carbons (Fsp3) is 0.462. The third-order valence-electron chi connectivity index (χ3n) is 2.79. The number of nitrogens with zero attached hydrogens (tertiary/aromatic N) is 2. The Hall–Kier alpha value is -1.35. The number of fused-ring (bicyclic) bond motifs is 1. The number of hydrogen-bond acceptors (Lipinski definition) is 3. The highest BCUT2D eigenvalue weighted by Gasteiger charge is 2.28. The SMILES string of the molecule is CC/C=N/N1c2ccccc2C[C@H]1COC. The van der Waals surface area contributed by atoms with Gasteiger partial charge in [0.15, 0.2) is 0 Å². The van der Waals surface area contributed by atoms with Crippen LogP contribution in [0.25, 0.3) is 0 Å². The Balaban J connectivity index is 2.24. The van der Waals surface area contributed by atoms with Crippen LogP contribution in [0.15, 0.2) is 29.4 Å². The maximum atomic E-state index is 5.25. The molecule has 86 valence electrons. The molecular weight excluding hydrogens is 200 g/mol. The van der Waals surface area contributed by atoms with Crippen LogP contribution in [0, 0.1) is 0 Å². The first-order chi connectivity index (χ1) is 7.86. The van der Waals surface area contributed by atoms with Gasteiger partial charge < -0.3 is 4.74 Å². The maximum absolute atomic E-state index is 5.25. The smallest absolute Gasteiger partial charge is 0.0800 e. The topological polar surface area (TPSA) is 24.8 Å². The lowest BCUT2D eigenvalue weighted by Gasteiger charge is -2.21. The number of hydrazone groups is 1. The quantitative estimate of drug-likeness (QED) is 0.725. The Morgan fingerprint density at radius 3 is 3.06 bits per heavy atom. The molecule has 0 unspecified atom stereocenters. The molecule has 0 fully saturated rings. The molecule has 0 aliphatic carbocycles. The molecule has 3 heteroatoms. The number of benzene rings is 1. The van der Waals surface area contributed by atoms with E-state index in [-0.39, 0.29) is 0 Å². The number of para-hydroxylation sites is 1. The predicted molar refractivity (Wildman–Crippen MR) is 67.1 cm³/mol. The number of rotatable bonds is 4. The molecule has 0 saturated heterocycles. The molecular formula is C13H18N2O. The van der Waals surface area contributed by atoms with Crippen molar-refractivity contribution in [3.8, 4) is 0 Å². The van der Waals surface area contributed by atoms with Gasteiger partial charge in [0.25, 0.3) is 0 Å². The highest BCUT2D eigenvalue weighted by Crippen LogP contribution is 2.32. The molecule has 0 amide bonds. The predicted octanol–water partition coefficient (Wildman–Crippen LogP) is 2.46. The molecule has 0 aromatic heterocycles. The summed E-state index contributed by atoms with van der Waals surface area (Å²) in [5, 5.41) is 6.60. The van der Waals surface area contributed by atoms with Crippen LogP contribution in [0.2, 0.25) is 0 Å². The van der Waals surface area contributed by atoms with E-state index in [0.717, 1.165) is 19.4 Å². The largest absolute Gasteiger partial charge is 0.382 e. The summed E-state index contributed by atoms with van der Waals surface area (Å²) in [5.74, 6) is 0. The Kier molecular flexibility index (Phi) is 3.57. The Labute approximate surface area is 96.7 Å². The lowest BCUT2D eigenvalue weighted by molar-refractivity contribution is 0.179. The molecule has 3 nitrogen and oxygen atoms in total. The molecule has 0 radical (unpaired) electrons. The third-order valence-corrected chi connectivity index (χ3v) is 2.79. The first kappa shape index (κ1) is 11.1. The minimum absolute atomic E-state index is 0.338. The summed E-state index contributed by atoms with van der Waals surface area (Å²) < 4.78 is 5.25. The Morgan fingerprint density at radius 2 is 2.31 bits per heavy atom. The molecule has 1 aromatic carbocycles. The van der Waals surface area contributed by atoms with Crippen molar-refractivity contribution in [1.29, 1.82) is 0 Å². The van der Waals surface area contributed by atoms with Gasteiger partial charge in [-0.3, -0.25) is 5.01 Å². The summed E-state index contributed by atoms with van der Waals surface area (Å²) >= 11 is 0. The highest BCUT2D eigenvalue weighted by atomic mass is 16.5. The fourth-order valence-electron chi connectivity index (χ4n) is 2.09. The van der Waals surface area contributed by atoms with Crippen LogP contribution in [0.3, 0.4) is 0 Å². The Morgan fingerprint density at radius 1 is 1.50 bits per heavy atom. The average molecular weight is 218 g/mol. The standard InChI is InChI=1S/C13H18N2O/c1-3-8-14-15-12(10-16-2)9-11-6-4-5-7-13(11)15/h4-8,12H,3,9-10H2,1-2H3/b14-8+/t12-/m0/s1. The molecule has 0 bridgehead atoms. The van der Waals surface area contributed by atoms with Crippen LogP contribution >= 0.6 is 0 Å². The van der Waals surface area contributed by atoms with E-state index in [1.165, 1.54) is 11.3 Å². The van der Waals surface area contributed by atoms with Gasteiger partial charge in [-0.1, -0.05) is 25.1 Å². The summed E-state index contributed by atoms with van der Waals surface area (Å²) in [5.41, 5.74) is 2.58. The number of anilines is 1. The molecule has 1 heterocycles. The number of hydrogen-bond donors (Lipinski definition) is 0. The number of ether oxygens (including phenoxy) is 1. The lowest BCUT2D eigenvalue weighted by Crippen LogP contribution is -2.31. The van der Waals surface area contributed by atoms with Crippen molar-refractivity contribution in [2.75, 3.05) is 18.7 Å². The van der Waals surface area contributed by atoms with Crippen LogP contribution in [0.4, 0.5) is 5.69 Å². The average Bonchev–Trinajstić information content (AvgIpc) is 2.65. The highest BCUT2D eigenvalue weighted by molar-refractivity contribution is 5.64. The van der Waals surface area contributed by atoms with Gasteiger partial charge in [0, 0.05) is 13.3 Å². The second-order valence-corrected chi connectivity index (χ2v) is 3.99. The first-order valence-corrected chi connectivity index (χ1v) is 5.75. The van der Waals surface area contributed by atoms with E-state index in [1.54, 1.807) is 7.11 Å². The molecule has 1 atom stereocenters. The van der Waals surface area contributed by atoms with Crippen molar-refractivity contribution in [3.05, 3.63) is 29.8 Å². The van der Waals surface area contributed by atoms with Crippen molar-refractivity contribution >= 4 is 11.9 Å². The van der Waals surface area contributed by atoms with Gasteiger partial charge in [-0.25, -0.2) is 0 Å². The number of methoxy groups -OCH3 is 1. The summed E-state index contributed by atoms with van der Waals surface area (Å²) in [4.78, 5) is 0. The molecule has 0 saturated carbocycles. The van der Waals surface area contributed by atoms with Crippen molar-refractivity contribution in [2.45, 2.75) is 25.8 Å². The third kappa shape index (κ3) is 2.09. The van der Waals surface area contributed by atoms with Gasteiger partial charge in [0.05, 0.1) is 18.3 Å². The maximum Gasteiger partial charge on any atom is 0.0800 e. The normalized spacial score (nSPS) is 19.4. The van der Waals surface area contributed by atoms with Crippen molar-refractivity contribution in [1.82, 2.24) is 0 Å². The van der Waals surface area contributed by atoms with Gasteiger partial charge in [0.1, 0.15) is 0 Å². The van der Waals surface area contributed by atoms with Crippen molar-refractivity contribution in [2.24, 2.45) is 5.10 Å². The van der Waals surface area contributed by atoms with Gasteiger partial charge in [0.2, 0.25) is 0 Å². The second kappa shape index (κ2) is 5.12. The minimum Gasteiger partial charge on any atom is -0.382 e. The molecule has 1 aliphatic heterocycles. The van der Waals surface area contributed by atoms with Crippen LogP contribution in [-0.2, 0) is 11.2 Å². The summed E-state index contributed by atoms with van der Waals surface area (Å²) in [7, 11) is 1.74. The summed E-state index contributed by atoms with van der Waals surface area (Å²) in [6, 6.07) is 8.76. The van der Waals surface area contributed by atoms with Crippen LogP contribution < -0.4 is 5.01 Å². The van der Waals surface area contributed by atoms with Gasteiger partial charge in [-0.2, -0.15) is 5.10 Å². The summed E-state index contributed by atoms with van der Waals surface area (Å²) in [6.45, 7) is 2.81. The molecule has 1 aromatic rings. The molecule has 1 aliphatic rings. The van der Waals surface area contributed by atoms with E-state index in [0.29, 0.717) is 6.04 Å². The van der Waals surface area contributed by atoms with E-state index >= 15 is 0 Å². The molecule has 0 spiro atoms. The van der Waals surface area contributed by atoms with Gasteiger partial charge >= 0.3 is 0 Å². The van der Waals surface area contributed by atoms with Crippen molar-refractivity contribution < 1.29 is 4.74 Å². The molecule has 0 N–H and O–H groups in total. The lowest BCUT2D eigenvalue weighted by atomic mass is 10.1. The zero-order valence-corrected chi connectivity index (χ0v) is 9.89. The van der Waals surface area contributed by atoms with Crippen LogP contribution in [0.5, 0.6) is 0 Å². The van der Waals surface area contributed by atoms with E-state index in [2.05, 4.69) is 41.3 Å². The van der Waals surface area contributed by atoms with Crippen LogP contribution in [-0.4, -0.2) is 26.0 Å².